The van der Waals surface area contributed by atoms with E-state index in [1.165, 1.54) is 0 Å². The number of hydrogen-bond acceptors (Lipinski definition) is 3. The maximum Gasteiger partial charge on any atom is 0.303 e. The Morgan fingerprint density at radius 2 is 2.05 bits per heavy atom. The number of carboxylic acid groups (broad SMARTS) is 1. The maximum absolute atomic E-state index is 10.4. The fourth-order valence-corrected chi connectivity index (χ4v) is 2.43. The van der Waals surface area contributed by atoms with E-state index in [1.54, 1.807) is 0 Å². The molecule has 2 rings (SSSR count). The molecule has 0 bridgehead atoms. The summed E-state index contributed by atoms with van der Waals surface area (Å²) in [5, 5.41) is 18.9. The van der Waals surface area contributed by atoms with E-state index in [9.17, 15) is 9.90 Å². The van der Waals surface area contributed by atoms with Gasteiger partial charge in [0.05, 0.1) is 0 Å². The first-order valence-electron chi connectivity index (χ1n) is 6.80. The van der Waals surface area contributed by atoms with Crippen molar-refractivity contribution in [1.82, 2.24) is 0 Å². The van der Waals surface area contributed by atoms with Gasteiger partial charge >= 0.3 is 5.97 Å². The Morgan fingerprint density at radius 3 is 2.84 bits per heavy atom. The van der Waals surface area contributed by atoms with E-state index in [-0.39, 0.29) is 6.42 Å². The van der Waals surface area contributed by atoms with E-state index in [0.717, 1.165) is 30.6 Å². The van der Waals surface area contributed by atoms with Crippen LogP contribution < -0.4 is 4.74 Å². The van der Waals surface area contributed by atoms with Gasteiger partial charge in [0.25, 0.3) is 0 Å². The van der Waals surface area contributed by atoms with Crippen LogP contribution in [-0.2, 0) is 11.2 Å². The van der Waals surface area contributed by atoms with Crippen LogP contribution in [0.3, 0.4) is 0 Å². The Balaban J connectivity index is 1.79. The molecule has 1 atom stereocenters. The average Bonchev–Trinajstić information content (AvgIpc) is 2.38. The zero-order valence-corrected chi connectivity index (χ0v) is 11.0. The summed E-state index contributed by atoms with van der Waals surface area (Å²) in [6.45, 7) is 0. The summed E-state index contributed by atoms with van der Waals surface area (Å²) in [5.41, 5.74) is 1.14. The van der Waals surface area contributed by atoms with Gasteiger partial charge in [-0.3, -0.25) is 4.79 Å². The lowest BCUT2D eigenvalue weighted by Crippen LogP contribution is -2.39. The number of rotatable bonds is 6. The number of fused-ring (bicyclic) bond motifs is 1. The first-order valence-corrected chi connectivity index (χ1v) is 6.80. The van der Waals surface area contributed by atoms with Crippen LogP contribution in [0.1, 0.15) is 44.1 Å². The summed E-state index contributed by atoms with van der Waals surface area (Å²) < 4.78 is 5.69. The fraction of sp³-hybridized carbons (Fsp3) is 0.533. The topological polar surface area (TPSA) is 66.8 Å². The molecule has 4 heteroatoms. The predicted octanol–water partition coefficient (Wildman–Crippen LogP) is 2.74. The van der Waals surface area contributed by atoms with E-state index in [2.05, 4.69) is 0 Å². The third-order valence-corrected chi connectivity index (χ3v) is 3.52. The molecule has 0 fully saturated rings. The Labute approximate surface area is 113 Å². The minimum Gasteiger partial charge on any atom is -0.481 e. The molecule has 0 saturated heterocycles. The summed E-state index contributed by atoms with van der Waals surface area (Å²) in [7, 11) is 0. The van der Waals surface area contributed by atoms with Crippen LogP contribution in [0.4, 0.5) is 0 Å². The summed E-state index contributed by atoms with van der Waals surface area (Å²) >= 11 is 0. The second-order valence-electron chi connectivity index (χ2n) is 5.11. The van der Waals surface area contributed by atoms with Gasteiger partial charge in [-0.25, -0.2) is 0 Å². The SMILES string of the molecule is O=C(O)CCCCCC1(O)CCc2ccccc2O1. The molecule has 19 heavy (non-hydrogen) atoms. The number of aliphatic carboxylic acids is 1. The van der Waals surface area contributed by atoms with Crippen molar-refractivity contribution in [3.05, 3.63) is 29.8 Å². The normalized spacial score (nSPS) is 21.5. The smallest absolute Gasteiger partial charge is 0.303 e. The van der Waals surface area contributed by atoms with Gasteiger partial charge in [-0.05, 0) is 30.9 Å². The molecule has 4 nitrogen and oxygen atoms in total. The number of aryl methyl sites for hydroxylation is 1. The molecule has 1 aliphatic rings. The Kier molecular flexibility index (Phi) is 4.43. The second kappa shape index (κ2) is 6.06. The summed E-state index contributed by atoms with van der Waals surface area (Å²) in [4.78, 5) is 10.4. The summed E-state index contributed by atoms with van der Waals surface area (Å²) in [6.07, 6.45) is 4.42. The van der Waals surface area contributed by atoms with Crippen LogP contribution in [0.25, 0.3) is 0 Å². The molecule has 0 saturated carbocycles. The maximum atomic E-state index is 10.4. The molecule has 1 unspecified atom stereocenters. The van der Waals surface area contributed by atoms with Crippen molar-refractivity contribution < 1.29 is 19.7 Å². The quantitative estimate of drug-likeness (QED) is 0.775. The number of ether oxygens (including phenoxy) is 1. The third kappa shape index (κ3) is 3.96. The van der Waals surface area contributed by atoms with Gasteiger partial charge in [0.1, 0.15) is 5.75 Å². The number of carbonyl (C=O) groups is 1. The number of unbranched alkanes of at least 4 members (excludes halogenated alkanes) is 2. The highest BCUT2D eigenvalue weighted by Gasteiger charge is 2.32. The van der Waals surface area contributed by atoms with Gasteiger partial charge in [0.2, 0.25) is 5.79 Å². The van der Waals surface area contributed by atoms with Gasteiger partial charge in [0.15, 0.2) is 0 Å². The Hall–Kier alpha value is -1.55. The van der Waals surface area contributed by atoms with Crippen LogP contribution in [0.2, 0.25) is 0 Å². The molecule has 0 amide bonds. The predicted molar refractivity (Wildman–Crippen MR) is 71.1 cm³/mol. The van der Waals surface area contributed by atoms with Crippen molar-refractivity contribution in [1.29, 1.82) is 0 Å². The molecule has 0 spiro atoms. The lowest BCUT2D eigenvalue weighted by molar-refractivity contribution is -0.155. The van der Waals surface area contributed by atoms with Crippen molar-refractivity contribution >= 4 is 5.97 Å². The molecule has 0 aromatic heterocycles. The monoisotopic (exact) mass is 264 g/mol. The van der Waals surface area contributed by atoms with Crippen molar-refractivity contribution in [2.45, 2.75) is 50.7 Å². The van der Waals surface area contributed by atoms with E-state index >= 15 is 0 Å². The standard InChI is InChI=1S/C15H20O4/c16-14(17)8-2-1-5-10-15(18)11-9-12-6-3-4-7-13(12)19-15/h3-4,6-7,18H,1-2,5,8-11H2,(H,16,17). The summed E-state index contributed by atoms with van der Waals surface area (Å²) in [5.74, 6) is -1.08. The van der Waals surface area contributed by atoms with E-state index in [4.69, 9.17) is 9.84 Å². The van der Waals surface area contributed by atoms with Crippen LogP contribution in [0, 0.1) is 0 Å². The van der Waals surface area contributed by atoms with Crippen LogP contribution in [0.15, 0.2) is 24.3 Å². The molecule has 104 valence electrons. The minimum atomic E-state index is -1.09. The lowest BCUT2D eigenvalue weighted by atomic mass is 9.95. The first kappa shape index (κ1) is 13.9. The molecule has 1 aliphatic heterocycles. The zero-order chi connectivity index (χ0) is 13.7. The van der Waals surface area contributed by atoms with Gasteiger partial charge in [-0.1, -0.05) is 24.6 Å². The Morgan fingerprint density at radius 1 is 1.26 bits per heavy atom. The largest absolute Gasteiger partial charge is 0.481 e. The first-order chi connectivity index (χ1) is 9.09. The second-order valence-corrected chi connectivity index (χ2v) is 5.11. The number of aliphatic hydroxyl groups is 1. The zero-order valence-electron chi connectivity index (χ0n) is 11.0. The highest BCUT2D eigenvalue weighted by atomic mass is 16.6. The summed E-state index contributed by atoms with van der Waals surface area (Å²) in [6, 6.07) is 7.77. The molecule has 1 aromatic carbocycles. The minimum absolute atomic E-state index is 0.197. The molecular weight excluding hydrogens is 244 g/mol. The van der Waals surface area contributed by atoms with Crippen LogP contribution in [0.5, 0.6) is 5.75 Å². The Bertz CT molecular complexity index is 444. The number of hydrogen-bond donors (Lipinski definition) is 2. The molecule has 2 N–H and O–H groups in total. The van der Waals surface area contributed by atoms with Crippen LogP contribution >= 0.6 is 0 Å². The van der Waals surface area contributed by atoms with Gasteiger partial charge in [-0.2, -0.15) is 0 Å². The van der Waals surface area contributed by atoms with Crippen molar-refractivity contribution in [2.24, 2.45) is 0 Å². The number of benzene rings is 1. The molecule has 1 heterocycles. The highest BCUT2D eigenvalue weighted by Crippen LogP contribution is 2.34. The molecule has 0 radical (unpaired) electrons. The fourth-order valence-electron chi connectivity index (χ4n) is 2.43. The van der Waals surface area contributed by atoms with Gasteiger partial charge in [-0.15, -0.1) is 0 Å². The number of para-hydroxylation sites is 1. The highest BCUT2D eigenvalue weighted by molar-refractivity contribution is 5.66. The lowest BCUT2D eigenvalue weighted by Gasteiger charge is -2.34. The molecular formula is C15H20O4. The van der Waals surface area contributed by atoms with Crippen molar-refractivity contribution in [2.75, 3.05) is 0 Å². The molecule has 0 aliphatic carbocycles. The van der Waals surface area contributed by atoms with Gasteiger partial charge < -0.3 is 14.9 Å². The van der Waals surface area contributed by atoms with E-state index in [0.29, 0.717) is 19.3 Å². The number of carboxylic acids is 1. The van der Waals surface area contributed by atoms with E-state index in [1.807, 2.05) is 24.3 Å². The average molecular weight is 264 g/mol. The molecule has 1 aromatic rings. The third-order valence-electron chi connectivity index (χ3n) is 3.52. The van der Waals surface area contributed by atoms with Crippen LogP contribution in [-0.4, -0.2) is 22.0 Å². The van der Waals surface area contributed by atoms with Gasteiger partial charge in [0, 0.05) is 19.3 Å². The van der Waals surface area contributed by atoms with Crippen molar-refractivity contribution in [3.8, 4) is 5.75 Å². The van der Waals surface area contributed by atoms with E-state index < -0.39 is 11.8 Å². The van der Waals surface area contributed by atoms with Crippen molar-refractivity contribution in [3.63, 3.8) is 0 Å².